The van der Waals surface area contributed by atoms with E-state index in [-0.39, 0.29) is 5.91 Å². The number of rotatable bonds is 2. The van der Waals surface area contributed by atoms with Gasteiger partial charge < -0.3 is 9.80 Å². The minimum atomic E-state index is 0.0122. The molecular weight excluding hydrogens is 204 g/mol. The zero-order chi connectivity index (χ0) is 11.4. The Hall–Kier alpha value is -1.49. The van der Waals surface area contributed by atoms with Crippen LogP contribution < -0.4 is 0 Å². The van der Waals surface area contributed by atoms with Crippen molar-refractivity contribution in [2.75, 3.05) is 32.7 Å². The maximum atomic E-state index is 12.0. The van der Waals surface area contributed by atoms with E-state index >= 15 is 0 Å². The van der Waals surface area contributed by atoms with Crippen molar-refractivity contribution in [2.45, 2.75) is 6.92 Å². The molecule has 0 aromatic carbocycles. The molecule has 1 aliphatic heterocycles. The number of likely N-dealkylation sites (N-methyl/N-ethyl adjacent to an activating group) is 1. The molecule has 0 spiro atoms. The molecule has 2 heterocycles. The highest BCUT2D eigenvalue weighted by Crippen LogP contribution is 2.05. The van der Waals surface area contributed by atoms with E-state index in [1.807, 2.05) is 4.90 Å². The first-order chi connectivity index (χ1) is 7.81. The van der Waals surface area contributed by atoms with Crippen LogP contribution in [0.3, 0.4) is 0 Å². The second-order valence-electron chi connectivity index (χ2n) is 3.82. The van der Waals surface area contributed by atoms with E-state index in [4.69, 9.17) is 0 Å². The number of amides is 1. The van der Waals surface area contributed by atoms with Crippen molar-refractivity contribution in [2.24, 2.45) is 0 Å². The van der Waals surface area contributed by atoms with Crippen molar-refractivity contribution in [1.82, 2.24) is 19.8 Å². The van der Waals surface area contributed by atoms with Crippen LogP contribution in [0.4, 0.5) is 0 Å². The van der Waals surface area contributed by atoms with Gasteiger partial charge in [-0.3, -0.25) is 4.79 Å². The van der Waals surface area contributed by atoms with Crippen LogP contribution in [0.1, 0.15) is 17.4 Å². The maximum Gasteiger partial charge on any atom is 0.272 e. The van der Waals surface area contributed by atoms with Gasteiger partial charge in [0.25, 0.3) is 5.91 Å². The number of hydrogen-bond donors (Lipinski definition) is 0. The van der Waals surface area contributed by atoms with Crippen molar-refractivity contribution in [3.8, 4) is 0 Å². The molecule has 0 atom stereocenters. The summed E-state index contributed by atoms with van der Waals surface area (Å²) in [5.41, 5.74) is 0.486. The Labute approximate surface area is 95.1 Å². The highest BCUT2D eigenvalue weighted by molar-refractivity contribution is 5.92. The lowest BCUT2D eigenvalue weighted by Gasteiger charge is -2.33. The molecule has 86 valence electrons. The summed E-state index contributed by atoms with van der Waals surface area (Å²) in [5, 5.41) is 0. The van der Waals surface area contributed by atoms with Gasteiger partial charge in [-0.15, -0.1) is 0 Å². The molecule has 1 amide bonds. The highest BCUT2D eigenvalue weighted by atomic mass is 16.2. The molecule has 0 N–H and O–H groups in total. The van der Waals surface area contributed by atoms with E-state index < -0.39 is 0 Å². The zero-order valence-corrected chi connectivity index (χ0v) is 9.46. The van der Waals surface area contributed by atoms with Gasteiger partial charge in [-0.1, -0.05) is 6.92 Å². The second kappa shape index (κ2) is 5.03. The first-order valence-corrected chi connectivity index (χ1v) is 5.59. The molecule has 0 radical (unpaired) electrons. The first-order valence-electron chi connectivity index (χ1n) is 5.59. The number of nitrogens with zero attached hydrogens (tertiary/aromatic N) is 4. The first kappa shape index (κ1) is 11.0. The number of hydrogen-bond acceptors (Lipinski definition) is 4. The molecule has 16 heavy (non-hydrogen) atoms. The molecule has 1 aliphatic rings. The Bertz CT molecular complexity index is 346. The maximum absolute atomic E-state index is 12.0. The Morgan fingerprint density at radius 1 is 1.38 bits per heavy atom. The van der Waals surface area contributed by atoms with Crippen LogP contribution in [0.25, 0.3) is 0 Å². The third-order valence-electron chi connectivity index (χ3n) is 2.91. The molecule has 5 heteroatoms. The van der Waals surface area contributed by atoms with Crippen LogP contribution in [0, 0.1) is 0 Å². The van der Waals surface area contributed by atoms with E-state index in [2.05, 4.69) is 21.8 Å². The van der Waals surface area contributed by atoms with Gasteiger partial charge in [-0.2, -0.15) is 0 Å². The normalized spacial score (nSPS) is 17.4. The predicted molar refractivity (Wildman–Crippen MR) is 60.0 cm³/mol. The SMILES string of the molecule is CCN1CCN(C(=O)c2ccncn2)CC1. The predicted octanol–water partition coefficient (Wildman–Crippen LogP) is 0.254. The fourth-order valence-corrected chi connectivity index (χ4v) is 1.85. The van der Waals surface area contributed by atoms with Gasteiger partial charge in [0.05, 0.1) is 0 Å². The molecule has 1 aromatic heterocycles. The monoisotopic (exact) mass is 220 g/mol. The molecular formula is C11H16N4O. The summed E-state index contributed by atoms with van der Waals surface area (Å²) < 4.78 is 0. The Kier molecular flexibility index (Phi) is 3.46. The topological polar surface area (TPSA) is 49.3 Å². The van der Waals surface area contributed by atoms with E-state index in [0.29, 0.717) is 5.69 Å². The van der Waals surface area contributed by atoms with E-state index in [1.54, 1.807) is 12.3 Å². The second-order valence-corrected chi connectivity index (χ2v) is 3.82. The number of carbonyl (C=O) groups excluding carboxylic acids is 1. The van der Waals surface area contributed by atoms with Crippen LogP contribution in [0.15, 0.2) is 18.6 Å². The van der Waals surface area contributed by atoms with Crippen LogP contribution in [0.2, 0.25) is 0 Å². The molecule has 0 saturated carbocycles. The third kappa shape index (κ3) is 2.36. The molecule has 5 nitrogen and oxygen atoms in total. The average molecular weight is 220 g/mol. The van der Waals surface area contributed by atoms with Crippen LogP contribution in [-0.2, 0) is 0 Å². The quantitative estimate of drug-likeness (QED) is 0.717. The lowest BCUT2D eigenvalue weighted by atomic mass is 10.2. The van der Waals surface area contributed by atoms with Crippen molar-refractivity contribution >= 4 is 5.91 Å². The van der Waals surface area contributed by atoms with Gasteiger partial charge in [0.2, 0.25) is 0 Å². The third-order valence-corrected chi connectivity index (χ3v) is 2.91. The molecule has 0 unspecified atom stereocenters. The van der Waals surface area contributed by atoms with Gasteiger partial charge in [-0.25, -0.2) is 9.97 Å². The fourth-order valence-electron chi connectivity index (χ4n) is 1.85. The van der Waals surface area contributed by atoms with Gasteiger partial charge in [0, 0.05) is 32.4 Å². The van der Waals surface area contributed by atoms with Crippen LogP contribution in [-0.4, -0.2) is 58.4 Å². The highest BCUT2D eigenvalue weighted by Gasteiger charge is 2.21. The lowest BCUT2D eigenvalue weighted by molar-refractivity contribution is 0.0637. The smallest absolute Gasteiger partial charge is 0.272 e. The molecule has 0 aliphatic carbocycles. The summed E-state index contributed by atoms with van der Waals surface area (Å²) in [6.07, 6.45) is 3.01. The Balaban J connectivity index is 1.97. The summed E-state index contributed by atoms with van der Waals surface area (Å²) >= 11 is 0. The van der Waals surface area contributed by atoms with Crippen molar-refractivity contribution in [1.29, 1.82) is 0 Å². The van der Waals surface area contributed by atoms with Crippen molar-refractivity contribution < 1.29 is 4.79 Å². The number of carbonyl (C=O) groups is 1. The summed E-state index contributed by atoms with van der Waals surface area (Å²) in [5.74, 6) is 0.0122. The standard InChI is InChI=1S/C11H16N4O/c1-2-14-5-7-15(8-6-14)11(16)10-3-4-12-9-13-10/h3-4,9H,2,5-8H2,1H3. The molecule has 2 rings (SSSR count). The number of aromatic nitrogens is 2. The summed E-state index contributed by atoms with van der Waals surface area (Å²) in [6, 6.07) is 1.66. The largest absolute Gasteiger partial charge is 0.335 e. The van der Waals surface area contributed by atoms with Crippen molar-refractivity contribution in [3.05, 3.63) is 24.3 Å². The Morgan fingerprint density at radius 3 is 2.69 bits per heavy atom. The van der Waals surface area contributed by atoms with Crippen LogP contribution in [0.5, 0.6) is 0 Å². The van der Waals surface area contributed by atoms with Gasteiger partial charge in [-0.05, 0) is 12.6 Å². The molecule has 1 saturated heterocycles. The average Bonchev–Trinajstić information content (AvgIpc) is 2.39. The van der Waals surface area contributed by atoms with Gasteiger partial charge >= 0.3 is 0 Å². The van der Waals surface area contributed by atoms with E-state index in [9.17, 15) is 4.79 Å². The Morgan fingerprint density at radius 2 is 2.12 bits per heavy atom. The van der Waals surface area contributed by atoms with Crippen molar-refractivity contribution in [3.63, 3.8) is 0 Å². The number of piperazine rings is 1. The zero-order valence-electron chi connectivity index (χ0n) is 9.46. The van der Waals surface area contributed by atoms with E-state index in [0.717, 1.165) is 32.7 Å². The van der Waals surface area contributed by atoms with Crippen LogP contribution >= 0.6 is 0 Å². The van der Waals surface area contributed by atoms with Gasteiger partial charge in [0.1, 0.15) is 12.0 Å². The molecule has 0 bridgehead atoms. The lowest BCUT2D eigenvalue weighted by Crippen LogP contribution is -2.48. The summed E-state index contributed by atoms with van der Waals surface area (Å²) in [7, 11) is 0. The summed E-state index contributed by atoms with van der Waals surface area (Å²) in [6.45, 7) is 6.67. The molecule has 1 fully saturated rings. The summed E-state index contributed by atoms with van der Waals surface area (Å²) in [4.78, 5) is 24.0. The fraction of sp³-hybridized carbons (Fsp3) is 0.545. The molecule has 1 aromatic rings. The minimum absolute atomic E-state index is 0.0122. The van der Waals surface area contributed by atoms with E-state index in [1.165, 1.54) is 6.33 Å². The minimum Gasteiger partial charge on any atom is -0.335 e. The van der Waals surface area contributed by atoms with Gasteiger partial charge in [0.15, 0.2) is 0 Å².